The molecule has 0 unspecified atom stereocenters. The molecule has 2 nitrogen and oxygen atoms in total. The Hall–Kier alpha value is -1.09. The molecular formula is C9H9FO2. The Morgan fingerprint density at radius 3 is 2.50 bits per heavy atom. The van der Waals surface area contributed by atoms with E-state index in [1.165, 1.54) is 18.2 Å². The fraction of sp³-hybridized carbons (Fsp3) is 0.333. The summed E-state index contributed by atoms with van der Waals surface area (Å²) in [7, 11) is 0. The van der Waals surface area contributed by atoms with Gasteiger partial charge in [0.25, 0.3) is 0 Å². The van der Waals surface area contributed by atoms with Crippen molar-refractivity contribution in [3.63, 3.8) is 0 Å². The molecule has 0 aliphatic heterocycles. The molecule has 0 saturated heterocycles. The molecule has 0 bridgehead atoms. The van der Waals surface area contributed by atoms with Gasteiger partial charge in [-0.15, -0.1) is 0 Å². The zero-order valence-electron chi connectivity index (χ0n) is 6.42. The van der Waals surface area contributed by atoms with Crippen molar-refractivity contribution in [2.24, 2.45) is 0 Å². The molecule has 2 N–H and O–H groups in total. The number of rotatable bonds is 1. The summed E-state index contributed by atoms with van der Waals surface area (Å²) >= 11 is 0. The number of halogens is 1. The zero-order valence-corrected chi connectivity index (χ0v) is 6.42. The van der Waals surface area contributed by atoms with Crippen LogP contribution in [-0.4, -0.2) is 10.2 Å². The molecule has 64 valence electrons. The van der Waals surface area contributed by atoms with Crippen LogP contribution in [0.4, 0.5) is 4.39 Å². The number of benzene rings is 1. The van der Waals surface area contributed by atoms with Gasteiger partial charge in [-0.05, 0) is 30.5 Å². The fourth-order valence-corrected chi connectivity index (χ4v) is 1.21. The maximum absolute atomic E-state index is 12.6. The molecule has 1 saturated carbocycles. The first kappa shape index (κ1) is 7.55. The van der Waals surface area contributed by atoms with Gasteiger partial charge in [0, 0.05) is 0 Å². The second-order valence-electron chi connectivity index (χ2n) is 3.20. The van der Waals surface area contributed by atoms with E-state index in [4.69, 9.17) is 5.11 Å². The summed E-state index contributed by atoms with van der Waals surface area (Å²) in [5.41, 5.74) is -0.202. The average Bonchev–Trinajstić information content (AvgIpc) is 2.75. The van der Waals surface area contributed by atoms with Crippen molar-refractivity contribution in [1.82, 2.24) is 0 Å². The van der Waals surface area contributed by atoms with E-state index < -0.39 is 17.2 Å². The summed E-state index contributed by atoms with van der Waals surface area (Å²) < 4.78 is 12.6. The van der Waals surface area contributed by atoms with Crippen LogP contribution < -0.4 is 0 Å². The van der Waals surface area contributed by atoms with E-state index in [0.29, 0.717) is 18.4 Å². The molecule has 3 heteroatoms. The van der Waals surface area contributed by atoms with Crippen LogP contribution in [0, 0.1) is 5.82 Å². The molecule has 12 heavy (non-hydrogen) atoms. The lowest BCUT2D eigenvalue weighted by molar-refractivity contribution is 0.151. The van der Waals surface area contributed by atoms with Gasteiger partial charge < -0.3 is 10.2 Å². The zero-order chi connectivity index (χ0) is 8.77. The van der Waals surface area contributed by atoms with Crippen molar-refractivity contribution in [2.75, 3.05) is 0 Å². The molecule has 1 fully saturated rings. The quantitative estimate of drug-likeness (QED) is 0.667. The van der Waals surface area contributed by atoms with E-state index in [1.807, 2.05) is 0 Å². The monoisotopic (exact) mass is 168 g/mol. The molecule has 0 heterocycles. The van der Waals surface area contributed by atoms with Gasteiger partial charge in [-0.3, -0.25) is 0 Å². The summed E-state index contributed by atoms with van der Waals surface area (Å²) in [6, 6.07) is 3.95. The van der Waals surface area contributed by atoms with E-state index in [1.54, 1.807) is 0 Å². The minimum absolute atomic E-state index is 0.396. The van der Waals surface area contributed by atoms with Crippen LogP contribution in [0.25, 0.3) is 0 Å². The standard InChI is InChI=1S/C9H9FO2/c10-7-2-1-6(5-8(7)11)9(12)3-4-9/h1-2,5,11-12H,3-4H2. The molecule has 0 radical (unpaired) electrons. The van der Waals surface area contributed by atoms with Crippen LogP contribution in [0.3, 0.4) is 0 Å². The third-order valence-corrected chi connectivity index (χ3v) is 2.21. The Morgan fingerprint density at radius 1 is 1.33 bits per heavy atom. The van der Waals surface area contributed by atoms with E-state index in [-0.39, 0.29) is 0 Å². The van der Waals surface area contributed by atoms with E-state index >= 15 is 0 Å². The number of hydrogen-bond acceptors (Lipinski definition) is 2. The first-order valence-corrected chi connectivity index (χ1v) is 3.83. The molecule has 1 aromatic carbocycles. The molecule has 1 aliphatic rings. The average molecular weight is 168 g/mol. The van der Waals surface area contributed by atoms with Crippen LogP contribution in [-0.2, 0) is 5.60 Å². The summed E-state index contributed by atoms with van der Waals surface area (Å²) in [4.78, 5) is 0. The SMILES string of the molecule is Oc1cc(C2(O)CC2)ccc1F. The van der Waals surface area contributed by atoms with Gasteiger partial charge in [0.05, 0.1) is 5.60 Å². The Morgan fingerprint density at radius 2 is 2.00 bits per heavy atom. The Bertz CT molecular complexity index is 318. The number of aliphatic hydroxyl groups is 1. The van der Waals surface area contributed by atoms with Crippen molar-refractivity contribution in [3.8, 4) is 5.75 Å². The van der Waals surface area contributed by atoms with Crippen LogP contribution in [0.15, 0.2) is 18.2 Å². The summed E-state index contributed by atoms with van der Waals surface area (Å²) in [5, 5.41) is 18.6. The first-order chi connectivity index (χ1) is 5.62. The van der Waals surface area contributed by atoms with Crippen molar-refractivity contribution in [2.45, 2.75) is 18.4 Å². The smallest absolute Gasteiger partial charge is 0.164 e. The minimum atomic E-state index is -0.800. The lowest BCUT2D eigenvalue weighted by Gasteiger charge is -2.07. The molecule has 1 aromatic rings. The second-order valence-corrected chi connectivity index (χ2v) is 3.20. The molecule has 1 aliphatic carbocycles. The van der Waals surface area contributed by atoms with E-state index in [2.05, 4.69) is 0 Å². The largest absolute Gasteiger partial charge is 0.505 e. The lowest BCUT2D eigenvalue weighted by atomic mass is 10.1. The van der Waals surface area contributed by atoms with E-state index in [0.717, 1.165) is 0 Å². The van der Waals surface area contributed by atoms with Gasteiger partial charge in [0.2, 0.25) is 0 Å². The predicted octanol–water partition coefficient (Wildman–Crippen LogP) is 1.51. The van der Waals surface area contributed by atoms with Crippen LogP contribution >= 0.6 is 0 Å². The molecule has 2 rings (SSSR count). The summed E-state index contributed by atoms with van der Waals surface area (Å²) in [5.74, 6) is -1.05. The van der Waals surface area contributed by atoms with Crippen LogP contribution in [0.2, 0.25) is 0 Å². The van der Waals surface area contributed by atoms with Gasteiger partial charge in [0.1, 0.15) is 0 Å². The molecule has 0 atom stereocenters. The Labute approximate surface area is 69.3 Å². The number of phenols is 1. The highest BCUT2D eigenvalue weighted by Crippen LogP contribution is 2.46. The predicted molar refractivity (Wildman–Crippen MR) is 41.2 cm³/mol. The van der Waals surface area contributed by atoms with Gasteiger partial charge in [-0.25, -0.2) is 4.39 Å². The summed E-state index contributed by atoms with van der Waals surface area (Å²) in [6.45, 7) is 0. The van der Waals surface area contributed by atoms with Gasteiger partial charge in [-0.1, -0.05) is 6.07 Å². The first-order valence-electron chi connectivity index (χ1n) is 3.83. The second kappa shape index (κ2) is 2.20. The van der Waals surface area contributed by atoms with Gasteiger partial charge in [-0.2, -0.15) is 0 Å². The van der Waals surface area contributed by atoms with Crippen molar-refractivity contribution in [3.05, 3.63) is 29.6 Å². The highest BCUT2D eigenvalue weighted by molar-refractivity contribution is 5.35. The normalized spacial score (nSPS) is 19.2. The van der Waals surface area contributed by atoms with Crippen molar-refractivity contribution in [1.29, 1.82) is 0 Å². The molecule has 0 aromatic heterocycles. The van der Waals surface area contributed by atoms with Crippen LogP contribution in [0.5, 0.6) is 5.75 Å². The number of aromatic hydroxyl groups is 1. The summed E-state index contributed by atoms with van der Waals surface area (Å²) in [6.07, 6.45) is 1.39. The maximum atomic E-state index is 12.6. The van der Waals surface area contributed by atoms with Gasteiger partial charge >= 0.3 is 0 Å². The molecular weight excluding hydrogens is 159 g/mol. The van der Waals surface area contributed by atoms with Crippen LogP contribution in [0.1, 0.15) is 18.4 Å². The fourth-order valence-electron chi connectivity index (χ4n) is 1.21. The third kappa shape index (κ3) is 1.06. The minimum Gasteiger partial charge on any atom is -0.505 e. The molecule has 0 spiro atoms. The Kier molecular flexibility index (Phi) is 1.38. The molecule has 0 amide bonds. The number of hydrogen-bond donors (Lipinski definition) is 2. The maximum Gasteiger partial charge on any atom is 0.164 e. The van der Waals surface area contributed by atoms with E-state index in [9.17, 15) is 9.50 Å². The highest BCUT2D eigenvalue weighted by Gasteiger charge is 2.42. The number of phenolic OH excluding ortho intramolecular Hbond substituents is 1. The lowest BCUT2D eigenvalue weighted by Crippen LogP contribution is -2.03. The van der Waals surface area contributed by atoms with Gasteiger partial charge in [0.15, 0.2) is 11.6 Å². The third-order valence-electron chi connectivity index (χ3n) is 2.21. The highest BCUT2D eigenvalue weighted by atomic mass is 19.1. The topological polar surface area (TPSA) is 40.5 Å². The Balaban J connectivity index is 2.41. The van der Waals surface area contributed by atoms with Crippen molar-refractivity contribution < 1.29 is 14.6 Å². The van der Waals surface area contributed by atoms with Crippen molar-refractivity contribution >= 4 is 0 Å².